The number of hydrogen-bond donors (Lipinski definition) is 1. The Kier molecular flexibility index (Phi) is 4.03. The van der Waals surface area contributed by atoms with Gasteiger partial charge in [0.1, 0.15) is 5.52 Å². The minimum atomic E-state index is 0.146. The maximum Gasteiger partial charge on any atom is 0.113 e. The molecule has 1 atom stereocenters. The van der Waals surface area contributed by atoms with Crippen LogP contribution in [0.3, 0.4) is 0 Å². The lowest BCUT2D eigenvalue weighted by molar-refractivity contribution is 0.642. The molecule has 3 aromatic rings. The molecular weight excluding hydrogens is 328 g/mol. The first-order valence-corrected chi connectivity index (χ1v) is 7.83. The fourth-order valence-corrected chi connectivity index (χ4v) is 2.81. The van der Waals surface area contributed by atoms with Gasteiger partial charge in [-0.05, 0) is 48.7 Å². The van der Waals surface area contributed by atoms with Crippen LogP contribution in [0.25, 0.3) is 16.7 Å². The van der Waals surface area contributed by atoms with Crippen molar-refractivity contribution in [2.45, 2.75) is 25.8 Å². The van der Waals surface area contributed by atoms with Crippen molar-refractivity contribution in [1.82, 2.24) is 15.0 Å². The van der Waals surface area contributed by atoms with Crippen LogP contribution in [0.4, 0.5) is 0 Å². The SMILES string of the molecule is CCC(N)Cc1cc(Br)ccc1-n1nnc2ccccc21. The van der Waals surface area contributed by atoms with Crippen LogP contribution in [0.1, 0.15) is 18.9 Å². The van der Waals surface area contributed by atoms with Gasteiger partial charge in [-0.3, -0.25) is 0 Å². The molecule has 0 spiro atoms. The van der Waals surface area contributed by atoms with Crippen molar-refractivity contribution in [3.8, 4) is 5.69 Å². The molecule has 0 saturated heterocycles. The van der Waals surface area contributed by atoms with Crippen LogP contribution in [0.5, 0.6) is 0 Å². The summed E-state index contributed by atoms with van der Waals surface area (Å²) in [5.41, 5.74) is 10.2. The molecule has 0 bridgehead atoms. The molecule has 0 amide bonds. The van der Waals surface area contributed by atoms with E-state index in [2.05, 4.69) is 45.3 Å². The molecule has 0 radical (unpaired) electrons. The van der Waals surface area contributed by atoms with Gasteiger partial charge in [-0.1, -0.05) is 40.2 Å². The third-order valence-corrected chi connectivity index (χ3v) is 4.12. The number of hydrogen-bond acceptors (Lipinski definition) is 3. The lowest BCUT2D eigenvalue weighted by atomic mass is 10.0. The van der Waals surface area contributed by atoms with Gasteiger partial charge in [0.15, 0.2) is 0 Å². The number of fused-ring (bicyclic) bond motifs is 1. The number of aromatic nitrogens is 3. The van der Waals surface area contributed by atoms with Crippen molar-refractivity contribution in [3.05, 3.63) is 52.5 Å². The van der Waals surface area contributed by atoms with Crippen LogP contribution in [0.2, 0.25) is 0 Å². The van der Waals surface area contributed by atoms with Gasteiger partial charge in [0.2, 0.25) is 0 Å². The minimum Gasteiger partial charge on any atom is -0.327 e. The van der Waals surface area contributed by atoms with E-state index in [9.17, 15) is 0 Å². The fraction of sp³-hybridized carbons (Fsp3) is 0.250. The van der Waals surface area contributed by atoms with Crippen LogP contribution >= 0.6 is 15.9 Å². The average Bonchev–Trinajstić information content (AvgIpc) is 2.91. The molecule has 3 rings (SSSR count). The van der Waals surface area contributed by atoms with E-state index in [-0.39, 0.29) is 6.04 Å². The van der Waals surface area contributed by atoms with E-state index in [1.165, 1.54) is 5.56 Å². The van der Waals surface area contributed by atoms with Gasteiger partial charge in [0.05, 0.1) is 11.2 Å². The summed E-state index contributed by atoms with van der Waals surface area (Å²) < 4.78 is 2.94. The maximum atomic E-state index is 6.13. The fourth-order valence-electron chi connectivity index (χ4n) is 2.40. The Morgan fingerprint density at radius 2 is 2.05 bits per heavy atom. The predicted octanol–water partition coefficient (Wildman–Crippen LogP) is 3.46. The Hall–Kier alpha value is -1.72. The molecule has 0 saturated carbocycles. The molecule has 0 aliphatic rings. The van der Waals surface area contributed by atoms with Gasteiger partial charge in [0.25, 0.3) is 0 Å². The highest BCUT2D eigenvalue weighted by molar-refractivity contribution is 9.10. The third kappa shape index (κ3) is 2.84. The van der Waals surface area contributed by atoms with E-state index in [0.717, 1.165) is 34.0 Å². The summed E-state index contributed by atoms with van der Waals surface area (Å²) in [5, 5.41) is 8.53. The summed E-state index contributed by atoms with van der Waals surface area (Å²) in [6, 6.07) is 14.3. The molecular formula is C16H17BrN4. The van der Waals surface area contributed by atoms with Gasteiger partial charge in [0, 0.05) is 10.5 Å². The van der Waals surface area contributed by atoms with Crippen molar-refractivity contribution in [2.24, 2.45) is 5.73 Å². The smallest absolute Gasteiger partial charge is 0.113 e. The molecule has 1 heterocycles. The average molecular weight is 345 g/mol. The van der Waals surface area contributed by atoms with Crippen LogP contribution in [0.15, 0.2) is 46.9 Å². The van der Waals surface area contributed by atoms with E-state index >= 15 is 0 Å². The highest BCUT2D eigenvalue weighted by atomic mass is 79.9. The topological polar surface area (TPSA) is 56.7 Å². The third-order valence-electron chi connectivity index (χ3n) is 3.63. The maximum absolute atomic E-state index is 6.13. The Morgan fingerprint density at radius 3 is 2.86 bits per heavy atom. The monoisotopic (exact) mass is 344 g/mol. The Balaban J connectivity index is 2.13. The molecule has 0 fully saturated rings. The van der Waals surface area contributed by atoms with Crippen molar-refractivity contribution in [3.63, 3.8) is 0 Å². The van der Waals surface area contributed by atoms with Gasteiger partial charge < -0.3 is 5.73 Å². The van der Waals surface area contributed by atoms with E-state index in [4.69, 9.17) is 5.73 Å². The minimum absolute atomic E-state index is 0.146. The molecule has 4 nitrogen and oxygen atoms in total. The number of nitrogens with zero attached hydrogens (tertiary/aromatic N) is 3. The zero-order chi connectivity index (χ0) is 14.8. The van der Waals surface area contributed by atoms with Crippen LogP contribution in [0, 0.1) is 0 Å². The van der Waals surface area contributed by atoms with E-state index in [0.29, 0.717) is 0 Å². The van der Waals surface area contributed by atoms with E-state index < -0.39 is 0 Å². The van der Waals surface area contributed by atoms with Gasteiger partial charge >= 0.3 is 0 Å². The Labute approximate surface area is 132 Å². The molecule has 2 N–H and O–H groups in total. The van der Waals surface area contributed by atoms with Crippen molar-refractivity contribution < 1.29 is 0 Å². The second-order valence-electron chi connectivity index (χ2n) is 5.14. The first-order chi connectivity index (χ1) is 10.2. The zero-order valence-electron chi connectivity index (χ0n) is 11.8. The van der Waals surface area contributed by atoms with Crippen LogP contribution in [-0.4, -0.2) is 21.0 Å². The van der Waals surface area contributed by atoms with Crippen molar-refractivity contribution in [2.75, 3.05) is 0 Å². The summed E-state index contributed by atoms with van der Waals surface area (Å²) in [6.07, 6.45) is 1.77. The molecule has 21 heavy (non-hydrogen) atoms. The van der Waals surface area contributed by atoms with Gasteiger partial charge in [-0.15, -0.1) is 5.10 Å². The van der Waals surface area contributed by atoms with Crippen molar-refractivity contribution in [1.29, 1.82) is 0 Å². The summed E-state index contributed by atoms with van der Waals surface area (Å²) in [5.74, 6) is 0. The van der Waals surface area contributed by atoms with Gasteiger partial charge in [-0.2, -0.15) is 0 Å². The number of rotatable bonds is 4. The molecule has 0 aliphatic carbocycles. The van der Waals surface area contributed by atoms with Crippen LogP contribution in [-0.2, 0) is 6.42 Å². The Bertz CT molecular complexity index is 766. The second kappa shape index (κ2) is 5.95. The summed E-state index contributed by atoms with van der Waals surface area (Å²) in [4.78, 5) is 0. The molecule has 108 valence electrons. The standard InChI is InChI=1S/C16H17BrN4/c1-2-13(18)10-11-9-12(17)7-8-15(11)21-16-6-4-3-5-14(16)19-20-21/h3-9,13H,2,10,18H2,1H3. The normalized spacial score (nSPS) is 12.7. The number of nitrogens with two attached hydrogens (primary N) is 1. The predicted molar refractivity (Wildman–Crippen MR) is 88.5 cm³/mol. The van der Waals surface area contributed by atoms with Gasteiger partial charge in [-0.25, -0.2) is 4.68 Å². The molecule has 1 unspecified atom stereocenters. The summed E-state index contributed by atoms with van der Waals surface area (Å²) >= 11 is 3.54. The number of benzene rings is 2. The van der Waals surface area contributed by atoms with E-state index in [1.807, 2.05) is 35.0 Å². The first-order valence-electron chi connectivity index (χ1n) is 7.04. The number of para-hydroxylation sites is 1. The highest BCUT2D eigenvalue weighted by Crippen LogP contribution is 2.24. The largest absolute Gasteiger partial charge is 0.327 e. The van der Waals surface area contributed by atoms with E-state index in [1.54, 1.807) is 0 Å². The van der Waals surface area contributed by atoms with Crippen LogP contribution < -0.4 is 5.73 Å². The summed E-state index contributed by atoms with van der Waals surface area (Å²) in [6.45, 7) is 2.10. The first kappa shape index (κ1) is 14.2. The van der Waals surface area contributed by atoms with Crippen molar-refractivity contribution >= 4 is 27.0 Å². The lowest BCUT2D eigenvalue weighted by Gasteiger charge is -2.14. The highest BCUT2D eigenvalue weighted by Gasteiger charge is 2.12. The molecule has 0 aliphatic heterocycles. The molecule has 1 aromatic heterocycles. The lowest BCUT2D eigenvalue weighted by Crippen LogP contribution is -2.22. The number of halogens is 1. The second-order valence-corrected chi connectivity index (χ2v) is 6.05. The quantitative estimate of drug-likeness (QED) is 0.788. The molecule has 5 heteroatoms. The molecule has 2 aromatic carbocycles. The zero-order valence-corrected chi connectivity index (χ0v) is 13.4. The summed E-state index contributed by atoms with van der Waals surface area (Å²) in [7, 11) is 0. The Morgan fingerprint density at radius 1 is 1.24 bits per heavy atom.